The molecule has 2 aromatic carbocycles. The second-order valence-electron chi connectivity index (χ2n) is 5.47. The zero-order valence-corrected chi connectivity index (χ0v) is 14.1. The third-order valence-electron chi connectivity index (χ3n) is 3.38. The Bertz CT molecular complexity index is 784. The zero-order valence-electron chi connectivity index (χ0n) is 14.1. The van der Waals surface area contributed by atoms with Gasteiger partial charge in [-0.05, 0) is 6.07 Å². The van der Waals surface area contributed by atoms with Crippen LogP contribution in [0.15, 0.2) is 58.6 Å². The van der Waals surface area contributed by atoms with Crippen molar-refractivity contribution in [2.24, 2.45) is 15.8 Å². The lowest BCUT2D eigenvalue weighted by atomic mass is 10.1. The number of hydrogen-bond acceptors (Lipinski definition) is 3. The standard InChI is InChI=1S/C18H20FN5O/c1-24(2)17(14-9-7-13(12-25)8-10-14)22-23-18(20)21-11-15-5-3-4-6-16(15)19/h3-10,12H,11H2,1-2H3,(H3,20,21,23). The maximum Gasteiger partial charge on any atom is 0.209 e. The summed E-state index contributed by atoms with van der Waals surface area (Å²) in [6.07, 6.45) is 0.780. The smallest absolute Gasteiger partial charge is 0.209 e. The van der Waals surface area contributed by atoms with Crippen molar-refractivity contribution >= 4 is 18.1 Å². The summed E-state index contributed by atoms with van der Waals surface area (Å²) in [4.78, 5) is 16.6. The van der Waals surface area contributed by atoms with Gasteiger partial charge in [0.1, 0.15) is 12.1 Å². The fraction of sp³-hybridized carbons (Fsp3) is 0.167. The second kappa shape index (κ2) is 8.58. The Hall–Kier alpha value is -3.22. The van der Waals surface area contributed by atoms with E-state index in [0.717, 1.165) is 11.8 Å². The van der Waals surface area contributed by atoms with Crippen molar-refractivity contribution in [1.82, 2.24) is 10.3 Å². The Morgan fingerprint density at radius 1 is 1.20 bits per heavy atom. The molecule has 25 heavy (non-hydrogen) atoms. The van der Waals surface area contributed by atoms with E-state index in [1.165, 1.54) is 6.07 Å². The van der Waals surface area contributed by atoms with Crippen LogP contribution in [0.2, 0.25) is 0 Å². The summed E-state index contributed by atoms with van der Waals surface area (Å²) in [7, 11) is 3.67. The number of benzene rings is 2. The first-order valence-electron chi connectivity index (χ1n) is 7.61. The molecule has 0 spiro atoms. The molecule has 130 valence electrons. The van der Waals surface area contributed by atoms with Crippen molar-refractivity contribution in [2.45, 2.75) is 6.54 Å². The molecule has 0 aliphatic carbocycles. The number of nitrogens with two attached hydrogens (primary N) is 1. The fourth-order valence-corrected chi connectivity index (χ4v) is 2.08. The van der Waals surface area contributed by atoms with Crippen molar-refractivity contribution in [3.63, 3.8) is 0 Å². The molecule has 0 aliphatic heterocycles. The van der Waals surface area contributed by atoms with Crippen LogP contribution in [0.5, 0.6) is 0 Å². The number of amidine groups is 1. The number of aldehydes is 1. The Morgan fingerprint density at radius 2 is 1.88 bits per heavy atom. The molecule has 6 nitrogen and oxygen atoms in total. The van der Waals surface area contributed by atoms with Crippen LogP contribution in [-0.4, -0.2) is 37.1 Å². The van der Waals surface area contributed by atoms with Crippen molar-refractivity contribution in [3.05, 3.63) is 71.0 Å². The van der Waals surface area contributed by atoms with Gasteiger partial charge < -0.3 is 10.6 Å². The molecule has 0 aromatic heterocycles. The third kappa shape index (κ3) is 5.13. The highest BCUT2D eigenvalue weighted by Crippen LogP contribution is 2.07. The number of hydrazone groups is 1. The maximum atomic E-state index is 13.6. The van der Waals surface area contributed by atoms with Crippen LogP contribution >= 0.6 is 0 Å². The van der Waals surface area contributed by atoms with E-state index in [1.807, 2.05) is 14.1 Å². The highest BCUT2D eigenvalue weighted by Gasteiger charge is 2.07. The lowest BCUT2D eigenvalue weighted by molar-refractivity contribution is 0.112. The number of nitrogens with one attached hydrogen (secondary N) is 1. The molecule has 0 aliphatic rings. The number of halogens is 1. The number of aliphatic imine (C=N–C) groups is 1. The molecule has 0 atom stereocenters. The van der Waals surface area contributed by atoms with Gasteiger partial charge in [0.2, 0.25) is 5.96 Å². The number of rotatable bonds is 5. The van der Waals surface area contributed by atoms with E-state index in [2.05, 4.69) is 15.5 Å². The van der Waals surface area contributed by atoms with Crippen molar-refractivity contribution < 1.29 is 9.18 Å². The van der Waals surface area contributed by atoms with Crippen LogP contribution in [0.1, 0.15) is 21.5 Å². The summed E-state index contributed by atoms with van der Waals surface area (Å²) in [5.74, 6) is 0.361. The van der Waals surface area contributed by atoms with E-state index in [9.17, 15) is 9.18 Å². The molecule has 0 radical (unpaired) electrons. The van der Waals surface area contributed by atoms with Crippen molar-refractivity contribution in [3.8, 4) is 0 Å². The van der Waals surface area contributed by atoms with Gasteiger partial charge in [-0.25, -0.2) is 14.8 Å². The molecule has 0 amide bonds. The minimum atomic E-state index is -0.327. The molecule has 0 fully saturated rings. The zero-order chi connectivity index (χ0) is 18.2. The third-order valence-corrected chi connectivity index (χ3v) is 3.38. The Balaban J connectivity index is 2.10. The van der Waals surface area contributed by atoms with Crippen LogP contribution < -0.4 is 11.2 Å². The monoisotopic (exact) mass is 341 g/mol. The highest BCUT2D eigenvalue weighted by atomic mass is 19.1. The van der Waals surface area contributed by atoms with Gasteiger partial charge >= 0.3 is 0 Å². The van der Waals surface area contributed by atoms with E-state index in [-0.39, 0.29) is 18.3 Å². The van der Waals surface area contributed by atoms with E-state index in [1.54, 1.807) is 47.4 Å². The van der Waals surface area contributed by atoms with Crippen LogP contribution in [0, 0.1) is 5.82 Å². The minimum absolute atomic E-state index is 0.0760. The molecule has 0 saturated carbocycles. The number of nitrogens with zero attached hydrogens (tertiary/aromatic N) is 3. The van der Waals surface area contributed by atoms with Gasteiger partial charge in [-0.2, -0.15) is 5.10 Å². The molecule has 2 rings (SSSR count). The van der Waals surface area contributed by atoms with Crippen LogP contribution in [0.4, 0.5) is 4.39 Å². The highest BCUT2D eigenvalue weighted by molar-refractivity contribution is 5.99. The molecule has 0 unspecified atom stereocenters. The van der Waals surface area contributed by atoms with E-state index in [0.29, 0.717) is 17.0 Å². The second-order valence-corrected chi connectivity index (χ2v) is 5.47. The van der Waals surface area contributed by atoms with Gasteiger partial charge in [-0.3, -0.25) is 4.79 Å². The number of hydrogen-bond donors (Lipinski definition) is 2. The first-order valence-corrected chi connectivity index (χ1v) is 7.61. The van der Waals surface area contributed by atoms with Gasteiger partial charge in [0.25, 0.3) is 0 Å². The molecule has 0 saturated heterocycles. The summed E-state index contributed by atoms with van der Waals surface area (Å²) in [6.45, 7) is 0.117. The van der Waals surface area contributed by atoms with Gasteiger partial charge in [0, 0.05) is 30.8 Å². The summed E-state index contributed by atoms with van der Waals surface area (Å²) >= 11 is 0. The molecule has 0 heterocycles. The lowest BCUT2D eigenvalue weighted by Crippen LogP contribution is -2.32. The molecule has 7 heteroatoms. The number of guanidine groups is 1. The van der Waals surface area contributed by atoms with E-state index < -0.39 is 0 Å². The molecular weight excluding hydrogens is 321 g/mol. The van der Waals surface area contributed by atoms with E-state index >= 15 is 0 Å². The normalized spacial score (nSPS) is 12.0. The Labute approximate surface area is 145 Å². The molecular formula is C18H20FN5O. The average Bonchev–Trinajstić information content (AvgIpc) is 2.61. The summed E-state index contributed by atoms with van der Waals surface area (Å²) in [6, 6.07) is 13.4. The number of carbonyl (C=O) groups is 1. The first kappa shape index (κ1) is 18.1. The summed E-state index contributed by atoms with van der Waals surface area (Å²) in [5.41, 5.74) is 10.3. The average molecular weight is 341 g/mol. The van der Waals surface area contributed by atoms with Crippen LogP contribution in [0.3, 0.4) is 0 Å². The van der Waals surface area contributed by atoms with Crippen molar-refractivity contribution in [2.75, 3.05) is 14.1 Å². The fourth-order valence-electron chi connectivity index (χ4n) is 2.08. The predicted octanol–water partition coefficient (Wildman–Crippen LogP) is 1.97. The van der Waals surface area contributed by atoms with Crippen molar-refractivity contribution in [1.29, 1.82) is 0 Å². The summed E-state index contributed by atoms with van der Waals surface area (Å²) < 4.78 is 13.6. The summed E-state index contributed by atoms with van der Waals surface area (Å²) in [5, 5.41) is 4.24. The van der Waals surface area contributed by atoms with Gasteiger partial charge in [0.05, 0.1) is 6.54 Å². The maximum absolute atomic E-state index is 13.6. The Morgan fingerprint density at radius 3 is 2.48 bits per heavy atom. The van der Waals surface area contributed by atoms with Gasteiger partial charge in [-0.1, -0.05) is 42.5 Å². The molecule has 0 bridgehead atoms. The number of carbonyl (C=O) groups excluding carboxylic acids is 1. The van der Waals surface area contributed by atoms with Gasteiger partial charge in [0.15, 0.2) is 5.84 Å². The van der Waals surface area contributed by atoms with Gasteiger partial charge in [-0.15, -0.1) is 0 Å². The quantitative estimate of drug-likeness (QED) is 0.377. The Kier molecular flexibility index (Phi) is 6.22. The van der Waals surface area contributed by atoms with Crippen LogP contribution in [-0.2, 0) is 6.54 Å². The molecule has 2 aromatic rings. The van der Waals surface area contributed by atoms with Crippen LogP contribution in [0.25, 0.3) is 0 Å². The predicted molar refractivity (Wildman–Crippen MR) is 96.9 cm³/mol. The SMILES string of the molecule is CN(C)C(=NNC(N)=NCc1ccccc1F)c1ccc(C=O)cc1. The molecule has 3 N–H and O–H groups in total. The first-order chi connectivity index (χ1) is 12.0. The lowest BCUT2D eigenvalue weighted by Gasteiger charge is -2.16. The minimum Gasteiger partial charge on any atom is -0.369 e. The van der Waals surface area contributed by atoms with E-state index in [4.69, 9.17) is 5.73 Å². The topological polar surface area (TPSA) is 83.1 Å². The largest absolute Gasteiger partial charge is 0.369 e.